The number of amides is 2. The van der Waals surface area contributed by atoms with Crippen molar-refractivity contribution in [3.63, 3.8) is 0 Å². The minimum atomic E-state index is -0.549. The van der Waals surface area contributed by atoms with Crippen molar-refractivity contribution in [2.24, 2.45) is 5.10 Å². The molecule has 0 atom stereocenters. The van der Waals surface area contributed by atoms with E-state index >= 15 is 0 Å². The molecule has 0 saturated carbocycles. The number of nitrogens with one attached hydrogen (secondary N) is 2. The van der Waals surface area contributed by atoms with Crippen LogP contribution in [0.15, 0.2) is 102 Å². The monoisotopic (exact) mass is 534 g/mol. The summed E-state index contributed by atoms with van der Waals surface area (Å²) in [5.41, 5.74) is 5.71. The molecule has 4 aromatic carbocycles. The first-order valence-electron chi connectivity index (χ1n) is 13.4. The van der Waals surface area contributed by atoms with Crippen LogP contribution in [0.4, 0.5) is 5.69 Å². The normalized spacial score (nSPS) is 11.4. The van der Waals surface area contributed by atoms with E-state index in [4.69, 9.17) is 4.74 Å². The number of hydrogen-bond acceptors (Lipinski definition) is 5. The van der Waals surface area contributed by atoms with Crippen molar-refractivity contribution < 1.29 is 14.3 Å². The third kappa shape index (κ3) is 6.94. The second-order valence-corrected chi connectivity index (χ2v) is 8.97. The Kier molecular flexibility index (Phi) is 9.67. The molecule has 0 aromatic heterocycles. The van der Waals surface area contributed by atoms with Crippen LogP contribution in [0.5, 0.6) is 5.75 Å². The molecule has 0 bridgehead atoms. The zero-order valence-corrected chi connectivity index (χ0v) is 23.1. The number of hydrogen-bond donors (Lipinski definition) is 2. The molecular formula is C33H34N4O3. The fourth-order valence-electron chi connectivity index (χ4n) is 4.38. The number of ether oxygens (including phenoxy) is 1. The van der Waals surface area contributed by atoms with E-state index < -0.39 is 11.8 Å². The molecule has 0 aliphatic heterocycles. The molecule has 4 rings (SSSR count). The third-order valence-electron chi connectivity index (χ3n) is 6.45. The standard InChI is InChI=1S/C33H34N4O3/c1-4-37(5-2)27-19-16-24(17-20-27)22-30(35-32(38)26-13-8-7-9-14-26)33(39)36-34-23-29-28-15-11-10-12-25(28)18-21-31(29)40-6-3/h7-23H,4-6H2,1-3H3,(H,35,38)(H,36,39)/b30-22-,34-23+. The maximum absolute atomic E-state index is 13.3. The lowest BCUT2D eigenvalue weighted by atomic mass is 10.0. The zero-order chi connectivity index (χ0) is 28.3. The summed E-state index contributed by atoms with van der Waals surface area (Å²) in [4.78, 5) is 28.5. The molecule has 0 spiro atoms. The number of benzene rings is 4. The van der Waals surface area contributed by atoms with Gasteiger partial charge in [-0.25, -0.2) is 5.43 Å². The summed E-state index contributed by atoms with van der Waals surface area (Å²) < 4.78 is 5.80. The molecule has 4 aromatic rings. The molecule has 0 fully saturated rings. The van der Waals surface area contributed by atoms with Crippen molar-refractivity contribution in [3.8, 4) is 5.75 Å². The quantitative estimate of drug-likeness (QED) is 0.140. The molecule has 2 N–H and O–H groups in total. The lowest BCUT2D eigenvalue weighted by Crippen LogP contribution is -2.32. The van der Waals surface area contributed by atoms with Crippen molar-refractivity contribution in [2.75, 3.05) is 24.6 Å². The predicted octanol–water partition coefficient (Wildman–Crippen LogP) is 6.01. The van der Waals surface area contributed by atoms with Gasteiger partial charge in [0.05, 0.1) is 12.8 Å². The Hall–Kier alpha value is -4.91. The summed E-state index contributed by atoms with van der Waals surface area (Å²) in [5.74, 6) is -0.273. The molecule has 0 heterocycles. The molecular weight excluding hydrogens is 500 g/mol. The SMILES string of the molecule is CCOc1ccc2ccccc2c1/C=N/NC(=O)/C(=C/c1ccc(N(CC)CC)cc1)NC(=O)c1ccccc1. The van der Waals surface area contributed by atoms with Crippen LogP contribution in [0.3, 0.4) is 0 Å². The Morgan fingerprint density at radius 1 is 0.850 bits per heavy atom. The van der Waals surface area contributed by atoms with Gasteiger partial charge >= 0.3 is 0 Å². The van der Waals surface area contributed by atoms with Gasteiger partial charge in [0.1, 0.15) is 11.4 Å². The van der Waals surface area contributed by atoms with Gasteiger partial charge in [-0.1, -0.05) is 60.7 Å². The number of anilines is 1. The molecule has 0 unspecified atom stereocenters. The number of fused-ring (bicyclic) bond motifs is 1. The highest BCUT2D eigenvalue weighted by Gasteiger charge is 2.15. The van der Waals surface area contributed by atoms with E-state index in [2.05, 4.69) is 34.6 Å². The van der Waals surface area contributed by atoms with Crippen LogP contribution in [0.1, 0.15) is 42.3 Å². The number of rotatable bonds is 11. The minimum Gasteiger partial charge on any atom is -0.493 e. The van der Waals surface area contributed by atoms with E-state index in [1.807, 2.05) is 73.7 Å². The molecule has 40 heavy (non-hydrogen) atoms. The minimum absolute atomic E-state index is 0.0737. The van der Waals surface area contributed by atoms with Crippen molar-refractivity contribution in [3.05, 3.63) is 113 Å². The van der Waals surface area contributed by atoms with Gasteiger partial charge in [0, 0.05) is 29.9 Å². The van der Waals surface area contributed by atoms with Gasteiger partial charge in [-0.2, -0.15) is 5.10 Å². The fraction of sp³-hybridized carbons (Fsp3) is 0.182. The first-order chi connectivity index (χ1) is 19.5. The highest BCUT2D eigenvalue weighted by atomic mass is 16.5. The highest BCUT2D eigenvalue weighted by Crippen LogP contribution is 2.26. The molecule has 7 nitrogen and oxygen atoms in total. The predicted molar refractivity (Wildman–Crippen MR) is 163 cm³/mol. The first kappa shape index (κ1) is 28.1. The summed E-state index contributed by atoms with van der Waals surface area (Å²) >= 11 is 0. The fourth-order valence-corrected chi connectivity index (χ4v) is 4.38. The molecule has 2 amide bonds. The van der Waals surface area contributed by atoms with Crippen molar-refractivity contribution in [1.29, 1.82) is 0 Å². The van der Waals surface area contributed by atoms with Crippen LogP contribution in [0, 0.1) is 0 Å². The zero-order valence-electron chi connectivity index (χ0n) is 23.1. The van der Waals surface area contributed by atoms with Crippen LogP contribution < -0.4 is 20.4 Å². The molecule has 0 aliphatic rings. The van der Waals surface area contributed by atoms with Gasteiger partial charge in [-0.05, 0) is 73.5 Å². The molecule has 0 aliphatic carbocycles. The summed E-state index contributed by atoms with van der Waals surface area (Å²) in [6.45, 7) is 8.41. The summed E-state index contributed by atoms with van der Waals surface area (Å²) in [6.07, 6.45) is 3.21. The maximum atomic E-state index is 13.3. The average Bonchev–Trinajstić information content (AvgIpc) is 2.99. The lowest BCUT2D eigenvalue weighted by molar-refractivity contribution is -0.117. The Morgan fingerprint density at radius 3 is 2.25 bits per heavy atom. The summed E-state index contributed by atoms with van der Waals surface area (Å²) in [7, 11) is 0. The number of carbonyl (C=O) groups excluding carboxylic acids is 2. The van der Waals surface area contributed by atoms with Crippen molar-refractivity contribution in [1.82, 2.24) is 10.7 Å². The molecule has 0 saturated heterocycles. The van der Waals surface area contributed by atoms with Crippen LogP contribution in [0.2, 0.25) is 0 Å². The van der Waals surface area contributed by atoms with Crippen molar-refractivity contribution in [2.45, 2.75) is 20.8 Å². The van der Waals surface area contributed by atoms with Gasteiger partial charge in [-0.15, -0.1) is 0 Å². The topological polar surface area (TPSA) is 83.0 Å². The van der Waals surface area contributed by atoms with E-state index in [1.165, 1.54) is 0 Å². The van der Waals surface area contributed by atoms with E-state index in [0.29, 0.717) is 17.9 Å². The Bertz CT molecular complexity index is 1510. The van der Waals surface area contributed by atoms with E-state index in [0.717, 1.165) is 40.7 Å². The Balaban J connectivity index is 1.61. The maximum Gasteiger partial charge on any atom is 0.287 e. The lowest BCUT2D eigenvalue weighted by Gasteiger charge is -2.21. The number of nitrogens with zero attached hydrogens (tertiary/aromatic N) is 2. The molecule has 0 radical (unpaired) electrons. The van der Waals surface area contributed by atoms with Crippen LogP contribution >= 0.6 is 0 Å². The smallest absolute Gasteiger partial charge is 0.287 e. The van der Waals surface area contributed by atoms with Crippen LogP contribution in [0.25, 0.3) is 16.8 Å². The number of hydrazone groups is 1. The van der Waals surface area contributed by atoms with E-state index in [9.17, 15) is 9.59 Å². The number of carbonyl (C=O) groups is 2. The van der Waals surface area contributed by atoms with Crippen molar-refractivity contribution >= 4 is 40.6 Å². The second-order valence-electron chi connectivity index (χ2n) is 8.97. The van der Waals surface area contributed by atoms with Gasteiger partial charge in [0.25, 0.3) is 11.8 Å². The largest absolute Gasteiger partial charge is 0.493 e. The molecule has 204 valence electrons. The molecule has 7 heteroatoms. The Morgan fingerprint density at radius 2 is 1.55 bits per heavy atom. The van der Waals surface area contributed by atoms with Gasteiger partial charge in [0.15, 0.2) is 0 Å². The third-order valence-corrected chi connectivity index (χ3v) is 6.45. The first-order valence-corrected chi connectivity index (χ1v) is 13.4. The summed E-state index contributed by atoms with van der Waals surface area (Å²) in [6, 6.07) is 28.4. The van der Waals surface area contributed by atoms with Crippen LogP contribution in [-0.2, 0) is 4.79 Å². The van der Waals surface area contributed by atoms with Gasteiger partial charge in [0.2, 0.25) is 0 Å². The van der Waals surface area contributed by atoms with E-state index in [-0.39, 0.29) is 5.70 Å². The van der Waals surface area contributed by atoms with E-state index in [1.54, 1.807) is 36.6 Å². The summed E-state index contributed by atoms with van der Waals surface area (Å²) in [5, 5.41) is 8.97. The van der Waals surface area contributed by atoms with Gasteiger partial charge in [-0.3, -0.25) is 9.59 Å². The van der Waals surface area contributed by atoms with Crippen LogP contribution in [-0.4, -0.2) is 37.7 Å². The second kappa shape index (κ2) is 13.8. The van der Waals surface area contributed by atoms with Gasteiger partial charge < -0.3 is 15.0 Å². The highest BCUT2D eigenvalue weighted by molar-refractivity contribution is 6.06. The Labute approximate surface area is 235 Å². The average molecular weight is 535 g/mol.